The second-order valence-corrected chi connectivity index (χ2v) is 9.16. The van der Waals surface area contributed by atoms with Crippen LogP contribution in [-0.2, 0) is 0 Å². The van der Waals surface area contributed by atoms with Crippen LogP contribution in [0.5, 0.6) is 0 Å². The van der Waals surface area contributed by atoms with Gasteiger partial charge in [0.25, 0.3) is 5.91 Å². The van der Waals surface area contributed by atoms with Gasteiger partial charge in [-0.15, -0.1) is 0 Å². The van der Waals surface area contributed by atoms with Crippen LogP contribution in [-0.4, -0.2) is 47.5 Å². The van der Waals surface area contributed by atoms with Crippen molar-refractivity contribution in [3.05, 3.63) is 40.4 Å². The molecule has 0 aliphatic carbocycles. The Labute approximate surface area is 167 Å². The van der Waals surface area contributed by atoms with E-state index < -0.39 is 5.91 Å². The molecule has 27 heavy (non-hydrogen) atoms. The Morgan fingerprint density at radius 2 is 1.78 bits per heavy atom. The summed E-state index contributed by atoms with van der Waals surface area (Å²) in [6.45, 7) is 11.0. The summed E-state index contributed by atoms with van der Waals surface area (Å²) in [5.74, 6) is -0.425. The van der Waals surface area contributed by atoms with Crippen LogP contribution in [0.25, 0.3) is 21.8 Å². The number of nitrogens with one attached hydrogen (secondary N) is 1. The van der Waals surface area contributed by atoms with Crippen LogP contribution in [0, 0.1) is 0 Å². The summed E-state index contributed by atoms with van der Waals surface area (Å²) in [4.78, 5) is 20.2. The summed E-state index contributed by atoms with van der Waals surface area (Å²) in [6.07, 6.45) is 0. The number of aromatic amines is 1. The van der Waals surface area contributed by atoms with Crippen LogP contribution in [0.15, 0.2) is 34.8 Å². The van der Waals surface area contributed by atoms with E-state index in [0.29, 0.717) is 5.56 Å². The lowest BCUT2D eigenvalue weighted by Gasteiger charge is -2.43. The minimum absolute atomic E-state index is 0.214. The highest BCUT2D eigenvalue weighted by molar-refractivity contribution is 9.10. The van der Waals surface area contributed by atoms with E-state index in [1.165, 1.54) is 5.69 Å². The molecule has 5 nitrogen and oxygen atoms in total. The zero-order valence-corrected chi connectivity index (χ0v) is 17.6. The van der Waals surface area contributed by atoms with Gasteiger partial charge in [0.05, 0.1) is 11.1 Å². The first kappa shape index (κ1) is 18.3. The van der Waals surface area contributed by atoms with Gasteiger partial charge in [-0.1, -0.05) is 22.0 Å². The van der Waals surface area contributed by atoms with Gasteiger partial charge < -0.3 is 15.6 Å². The Bertz CT molecular complexity index is 1030. The summed E-state index contributed by atoms with van der Waals surface area (Å²) < 4.78 is 0.854. The molecule has 0 unspecified atom stereocenters. The topological polar surface area (TPSA) is 65.4 Å². The third kappa shape index (κ3) is 3.32. The van der Waals surface area contributed by atoms with E-state index in [9.17, 15) is 4.79 Å². The van der Waals surface area contributed by atoms with Crippen LogP contribution in [0.4, 0.5) is 5.69 Å². The zero-order valence-electron chi connectivity index (χ0n) is 16.0. The van der Waals surface area contributed by atoms with Crippen molar-refractivity contribution in [3.63, 3.8) is 0 Å². The molecular weight excluding hydrogens is 404 g/mol. The van der Waals surface area contributed by atoms with Crippen LogP contribution in [0.2, 0.25) is 0 Å². The Balaban J connectivity index is 1.70. The number of nitrogens with two attached hydrogens (primary N) is 1. The number of hydrogen-bond donors (Lipinski definition) is 2. The van der Waals surface area contributed by atoms with E-state index in [1.54, 1.807) is 6.07 Å². The molecule has 0 saturated carbocycles. The average molecular weight is 429 g/mol. The Kier molecular flexibility index (Phi) is 4.43. The molecule has 3 aromatic rings. The summed E-state index contributed by atoms with van der Waals surface area (Å²) in [5.41, 5.74) is 9.34. The van der Waals surface area contributed by atoms with E-state index in [-0.39, 0.29) is 5.54 Å². The number of aromatic nitrogens is 1. The van der Waals surface area contributed by atoms with Crippen LogP contribution in [0.1, 0.15) is 31.1 Å². The van der Waals surface area contributed by atoms with Crippen molar-refractivity contribution in [3.8, 4) is 0 Å². The molecule has 1 amide bonds. The van der Waals surface area contributed by atoms with Crippen LogP contribution >= 0.6 is 15.9 Å². The average Bonchev–Trinajstić information content (AvgIpc) is 2.98. The summed E-state index contributed by atoms with van der Waals surface area (Å²) in [5, 5.41) is 2.11. The Morgan fingerprint density at radius 3 is 2.41 bits per heavy atom. The van der Waals surface area contributed by atoms with Crippen molar-refractivity contribution >= 4 is 49.3 Å². The molecule has 4 rings (SSSR count). The van der Waals surface area contributed by atoms with Crippen LogP contribution in [0.3, 0.4) is 0 Å². The number of benzene rings is 2. The Morgan fingerprint density at radius 1 is 1.07 bits per heavy atom. The Hall–Kier alpha value is -2.05. The minimum Gasteiger partial charge on any atom is -0.369 e. The van der Waals surface area contributed by atoms with Gasteiger partial charge in [-0.3, -0.25) is 9.69 Å². The lowest BCUT2D eigenvalue weighted by atomic mass is 10.0. The monoisotopic (exact) mass is 428 g/mol. The fraction of sp³-hybridized carbons (Fsp3) is 0.381. The maximum Gasteiger partial charge on any atom is 0.250 e. The summed E-state index contributed by atoms with van der Waals surface area (Å²) in [7, 11) is 0. The van der Waals surface area contributed by atoms with Crippen molar-refractivity contribution in [2.24, 2.45) is 5.73 Å². The van der Waals surface area contributed by atoms with Crippen molar-refractivity contribution in [1.82, 2.24) is 9.88 Å². The number of carbonyl (C=O) groups excluding carboxylic acids is 1. The predicted molar refractivity (Wildman–Crippen MR) is 116 cm³/mol. The van der Waals surface area contributed by atoms with E-state index in [0.717, 1.165) is 52.5 Å². The fourth-order valence-electron chi connectivity index (χ4n) is 3.99. The molecule has 1 saturated heterocycles. The second-order valence-electron chi connectivity index (χ2n) is 8.24. The van der Waals surface area contributed by atoms with Gasteiger partial charge in [0.15, 0.2) is 0 Å². The molecule has 0 radical (unpaired) electrons. The number of anilines is 1. The van der Waals surface area contributed by atoms with E-state index in [4.69, 9.17) is 5.73 Å². The first-order chi connectivity index (χ1) is 12.7. The highest BCUT2D eigenvalue weighted by Crippen LogP contribution is 2.33. The third-order valence-electron chi connectivity index (χ3n) is 5.52. The highest BCUT2D eigenvalue weighted by atomic mass is 79.9. The molecule has 0 bridgehead atoms. The van der Waals surface area contributed by atoms with Crippen LogP contribution < -0.4 is 10.6 Å². The number of nitrogens with zero attached hydrogens (tertiary/aromatic N) is 2. The van der Waals surface area contributed by atoms with Gasteiger partial charge in [-0.05, 0) is 45.0 Å². The van der Waals surface area contributed by atoms with Gasteiger partial charge in [-0.25, -0.2) is 0 Å². The van der Waals surface area contributed by atoms with Crippen molar-refractivity contribution in [1.29, 1.82) is 0 Å². The molecule has 1 aliphatic heterocycles. The van der Waals surface area contributed by atoms with Crippen molar-refractivity contribution < 1.29 is 4.79 Å². The van der Waals surface area contributed by atoms with Gasteiger partial charge >= 0.3 is 0 Å². The van der Waals surface area contributed by atoms with E-state index in [1.807, 2.05) is 6.07 Å². The number of carbonyl (C=O) groups is 1. The number of hydrogen-bond acceptors (Lipinski definition) is 3. The van der Waals surface area contributed by atoms with Crippen molar-refractivity contribution in [2.75, 3.05) is 31.1 Å². The zero-order chi connectivity index (χ0) is 19.3. The first-order valence-corrected chi connectivity index (χ1v) is 10.1. The number of piperazine rings is 1. The molecule has 2 aromatic carbocycles. The van der Waals surface area contributed by atoms with Gasteiger partial charge in [-0.2, -0.15) is 0 Å². The maximum absolute atomic E-state index is 11.8. The van der Waals surface area contributed by atoms with Gasteiger partial charge in [0, 0.05) is 58.2 Å². The number of primary amides is 1. The molecule has 1 aliphatic rings. The molecule has 1 aromatic heterocycles. The molecule has 1 fully saturated rings. The SMILES string of the molecule is CC(C)(C)N1CCN(c2ccc3c(c2)[nH]c2c(C(N)=O)cc(Br)cc23)CC1. The lowest BCUT2D eigenvalue weighted by molar-refractivity contribution is 0.100. The number of rotatable bonds is 2. The third-order valence-corrected chi connectivity index (χ3v) is 5.97. The normalized spacial score (nSPS) is 16.4. The van der Waals surface area contributed by atoms with E-state index >= 15 is 0 Å². The molecule has 0 spiro atoms. The molecule has 142 valence electrons. The van der Waals surface area contributed by atoms with Crippen molar-refractivity contribution in [2.45, 2.75) is 26.3 Å². The molecule has 6 heteroatoms. The number of halogens is 1. The fourth-order valence-corrected chi connectivity index (χ4v) is 4.44. The molecule has 0 atom stereocenters. The summed E-state index contributed by atoms with van der Waals surface area (Å²) >= 11 is 3.49. The quantitative estimate of drug-likeness (QED) is 0.645. The maximum atomic E-state index is 11.8. The smallest absolute Gasteiger partial charge is 0.250 e. The highest BCUT2D eigenvalue weighted by Gasteiger charge is 2.26. The second kappa shape index (κ2) is 6.53. The first-order valence-electron chi connectivity index (χ1n) is 9.29. The van der Waals surface area contributed by atoms with E-state index in [2.05, 4.69) is 69.7 Å². The predicted octanol–water partition coefficient (Wildman–Crippen LogP) is 4.10. The number of amides is 1. The molecule has 2 heterocycles. The minimum atomic E-state index is -0.425. The molecule has 3 N–H and O–H groups in total. The number of H-pyrrole nitrogens is 1. The van der Waals surface area contributed by atoms with Gasteiger partial charge in [0.1, 0.15) is 0 Å². The van der Waals surface area contributed by atoms with Gasteiger partial charge in [0.2, 0.25) is 0 Å². The summed E-state index contributed by atoms with van der Waals surface area (Å²) in [6, 6.07) is 10.3. The lowest BCUT2D eigenvalue weighted by Crippen LogP contribution is -2.53. The molecular formula is C21H25BrN4O. The largest absolute Gasteiger partial charge is 0.369 e. The standard InChI is InChI=1S/C21H25BrN4O/c1-21(2,3)26-8-6-25(7-9-26)14-4-5-15-16-10-13(22)11-17(20(23)27)19(16)24-18(15)12-14/h4-5,10-12,24H,6-9H2,1-3H3,(H2,23,27). The number of fused-ring (bicyclic) bond motifs is 3.